The molecule has 0 saturated carbocycles. The van der Waals surface area contributed by atoms with Crippen LogP contribution in [0.2, 0.25) is 0 Å². The van der Waals surface area contributed by atoms with Gasteiger partial charge in [-0.1, -0.05) is 12.1 Å². The molecule has 1 heterocycles. The summed E-state index contributed by atoms with van der Waals surface area (Å²) < 4.78 is 12.2. The Hall–Kier alpha value is -0.880. The number of methoxy groups -OCH3 is 1. The highest BCUT2D eigenvalue weighted by Crippen LogP contribution is 2.30. The molecule has 2 N–H and O–H groups in total. The van der Waals surface area contributed by atoms with Gasteiger partial charge in [0.2, 0.25) is 0 Å². The van der Waals surface area contributed by atoms with E-state index < -0.39 is 0 Å². The van der Waals surface area contributed by atoms with Gasteiger partial charge in [0.05, 0.1) is 13.7 Å². The second-order valence-corrected chi connectivity index (χ2v) is 6.46. The minimum Gasteiger partial charge on any atom is -0.497 e. The Morgan fingerprint density at radius 1 is 1.30 bits per heavy atom. The minimum absolute atomic E-state index is 0.0567. The molecule has 1 aromatic carbocycles. The number of benzene rings is 1. The third-order valence-corrected chi connectivity index (χ3v) is 4.69. The average molecular weight is 356 g/mol. The third-order valence-electron chi connectivity index (χ3n) is 2.93. The summed E-state index contributed by atoms with van der Waals surface area (Å²) in [6.07, 6.45) is -0.0894. The van der Waals surface area contributed by atoms with E-state index in [1.165, 1.54) is 0 Å². The summed E-state index contributed by atoms with van der Waals surface area (Å²) in [5.74, 6) is 0.847. The maximum absolute atomic E-state index is 6.03. The van der Waals surface area contributed by atoms with Crippen molar-refractivity contribution in [3.8, 4) is 5.75 Å². The van der Waals surface area contributed by atoms with Gasteiger partial charge in [-0.3, -0.25) is 0 Å². The van der Waals surface area contributed by atoms with Crippen molar-refractivity contribution in [2.24, 2.45) is 5.73 Å². The van der Waals surface area contributed by atoms with Crippen LogP contribution in [0.25, 0.3) is 0 Å². The Morgan fingerprint density at radius 3 is 2.50 bits per heavy atom. The molecule has 5 heteroatoms. The molecule has 2 aromatic rings. The van der Waals surface area contributed by atoms with Gasteiger partial charge >= 0.3 is 0 Å². The molecule has 0 saturated heterocycles. The predicted molar refractivity (Wildman–Crippen MR) is 86.2 cm³/mol. The van der Waals surface area contributed by atoms with Gasteiger partial charge in [0.1, 0.15) is 11.9 Å². The molecule has 0 bridgehead atoms. The first kappa shape index (κ1) is 15.5. The third kappa shape index (κ3) is 4.06. The molecule has 0 aliphatic rings. The van der Waals surface area contributed by atoms with Crippen molar-refractivity contribution < 1.29 is 9.47 Å². The van der Waals surface area contributed by atoms with Crippen LogP contribution in [0.4, 0.5) is 0 Å². The number of ether oxygens (including phenoxy) is 2. The highest BCUT2D eigenvalue weighted by Gasteiger charge is 2.19. The summed E-state index contributed by atoms with van der Waals surface area (Å²) in [5, 5.41) is 2.04. The van der Waals surface area contributed by atoms with Gasteiger partial charge in [0, 0.05) is 20.8 Å². The molecule has 0 radical (unpaired) electrons. The normalized spacial score (nSPS) is 14.0. The van der Waals surface area contributed by atoms with Crippen LogP contribution in [0.15, 0.2) is 40.2 Å². The zero-order valence-corrected chi connectivity index (χ0v) is 13.9. The lowest BCUT2D eigenvalue weighted by Crippen LogP contribution is -2.26. The zero-order valence-electron chi connectivity index (χ0n) is 11.5. The van der Waals surface area contributed by atoms with E-state index >= 15 is 0 Å². The SMILES string of the molecule is COc1ccc(COC(c2cc(Br)cs2)C(C)N)cc1. The first-order valence-corrected chi connectivity index (χ1v) is 8.01. The van der Waals surface area contributed by atoms with Crippen molar-refractivity contribution in [2.75, 3.05) is 7.11 Å². The van der Waals surface area contributed by atoms with Crippen molar-refractivity contribution in [1.29, 1.82) is 0 Å². The summed E-state index contributed by atoms with van der Waals surface area (Å²) in [5.41, 5.74) is 7.14. The van der Waals surface area contributed by atoms with E-state index in [1.54, 1.807) is 18.4 Å². The summed E-state index contributed by atoms with van der Waals surface area (Å²) in [6.45, 7) is 2.50. The van der Waals surface area contributed by atoms with Crippen LogP contribution in [-0.4, -0.2) is 13.2 Å². The maximum Gasteiger partial charge on any atom is 0.118 e. The summed E-state index contributed by atoms with van der Waals surface area (Å²) in [4.78, 5) is 1.14. The molecule has 0 aliphatic heterocycles. The van der Waals surface area contributed by atoms with E-state index in [9.17, 15) is 0 Å². The molecule has 2 rings (SSSR count). The van der Waals surface area contributed by atoms with Crippen LogP contribution in [0, 0.1) is 0 Å². The van der Waals surface area contributed by atoms with Crippen LogP contribution in [0.3, 0.4) is 0 Å². The largest absolute Gasteiger partial charge is 0.497 e. The second-order valence-electron chi connectivity index (χ2n) is 4.61. The van der Waals surface area contributed by atoms with Crippen molar-refractivity contribution >= 4 is 27.3 Å². The molecule has 108 valence electrons. The molecular formula is C15H18BrNO2S. The quantitative estimate of drug-likeness (QED) is 0.847. The number of halogens is 1. The van der Waals surface area contributed by atoms with E-state index in [0.717, 1.165) is 20.7 Å². The molecular weight excluding hydrogens is 338 g/mol. The van der Waals surface area contributed by atoms with Gasteiger partial charge in [0.15, 0.2) is 0 Å². The second kappa shape index (κ2) is 7.22. The Labute approximate surface area is 131 Å². The van der Waals surface area contributed by atoms with Crippen LogP contribution in [0.1, 0.15) is 23.5 Å². The van der Waals surface area contributed by atoms with E-state index in [1.807, 2.05) is 36.6 Å². The summed E-state index contributed by atoms with van der Waals surface area (Å²) in [6, 6.07) is 9.87. The molecule has 20 heavy (non-hydrogen) atoms. The molecule has 0 amide bonds. The minimum atomic E-state index is -0.0894. The number of nitrogens with two attached hydrogens (primary N) is 1. The van der Waals surface area contributed by atoms with Gasteiger partial charge < -0.3 is 15.2 Å². The molecule has 3 nitrogen and oxygen atoms in total. The Bertz CT molecular complexity index is 539. The van der Waals surface area contributed by atoms with Gasteiger partial charge in [-0.25, -0.2) is 0 Å². The fourth-order valence-corrected chi connectivity index (χ4v) is 3.49. The standard InChI is InChI=1S/C15H18BrNO2S/c1-10(17)15(14-7-12(16)9-20-14)19-8-11-3-5-13(18-2)6-4-11/h3-7,9-10,15H,8,17H2,1-2H3. The fourth-order valence-electron chi connectivity index (χ4n) is 1.88. The zero-order chi connectivity index (χ0) is 14.5. The number of rotatable bonds is 6. The number of thiophene rings is 1. The first-order chi connectivity index (χ1) is 9.60. The number of hydrogen-bond donors (Lipinski definition) is 1. The lowest BCUT2D eigenvalue weighted by atomic mass is 10.1. The van der Waals surface area contributed by atoms with Crippen molar-refractivity contribution in [3.05, 3.63) is 50.6 Å². The lowest BCUT2D eigenvalue weighted by molar-refractivity contribution is 0.0282. The molecule has 0 aliphatic carbocycles. The smallest absolute Gasteiger partial charge is 0.118 e. The van der Waals surface area contributed by atoms with E-state index in [0.29, 0.717) is 6.61 Å². The van der Waals surface area contributed by atoms with Crippen molar-refractivity contribution in [2.45, 2.75) is 25.7 Å². The van der Waals surface area contributed by atoms with Gasteiger partial charge in [-0.2, -0.15) is 0 Å². The van der Waals surface area contributed by atoms with Crippen molar-refractivity contribution in [1.82, 2.24) is 0 Å². The monoisotopic (exact) mass is 355 g/mol. The topological polar surface area (TPSA) is 44.5 Å². The highest BCUT2D eigenvalue weighted by atomic mass is 79.9. The maximum atomic E-state index is 6.03. The van der Waals surface area contributed by atoms with Crippen molar-refractivity contribution in [3.63, 3.8) is 0 Å². The van der Waals surface area contributed by atoms with E-state index in [4.69, 9.17) is 15.2 Å². The fraction of sp³-hybridized carbons (Fsp3) is 0.333. The Balaban J connectivity index is 2.01. The molecule has 2 unspecified atom stereocenters. The Morgan fingerprint density at radius 2 is 2.00 bits per heavy atom. The first-order valence-electron chi connectivity index (χ1n) is 6.34. The predicted octanol–water partition coefficient (Wildman–Crippen LogP) is 4.12. The molecule has 0 spiro atoms. The lowest BCUT2D eigenvalue weighted by Gasteiger charge is -2.20. The van der Waals surface area contributed by atoms with Crippen LogP contribution >= 0.6 is 27.3 Å². The number of hydrogen-bond acceptors (Lipinski definition) is 4. The molecule has 2 atom stereocenters. The molecule has 1 aromatic heterocycles. The molecule has 0 fully saturated rings. The van der Waals surface area contributed by atoms with Crippen LogP contribution < -0.4 is 10.5 Å². The summed E-state index contributed by atoms with van der Waals surface area (Å²) in [7, 11) is 1.66. The van der Waals surface area contributed by atoms with Crippen LogP contribution in [-0.2, 0) is 11.3 Å². The summed E-state index contributed by atoms with van der Waals surface area (Å²) >= 11 is 5.12. The van der Waals surface area contributed by atoms with Gasteiger partial charge in [-0.15, -0.1) is 11.3 Å². The van der Waals surface area contributed by atoms with Gasteiger partial charge in [-0.05, 0) is 46.6 Å². The highest BCUT2D eigenvalue weighted by molar-refractivity contribution is 9.10. The Kier molecular flexibility index (Phi) is 5.60. The van der Waals surface area contributed by atoms with Gasteiger partial charge in [0.25, 0.3) is 0 Å². The van der Waals surface area contributed by atoms with E-state index in [2.05, 4.69) is 22.0 Å². The van der Waals surface area contributed by atoms with Crippen LogP contribution in [0.5, 0.6) is 5.75 Å². The average Bonchev–Trinajstić information content (AvgIpc) is 2.86. The van der Waals surface area contributed by atoms with E-state index in [-0.39, 0.29) is 12.1 Å².